The summed E-state index contributed by atoms with van der Waals surface area (Å²) in [5.41, 5.74) is 3.20. The van der Waals surface area contributed by atoms with E-state index < -0.39 is 0 Å². The fourth-order valence-electron chi connectivity index (χ4n) is 2.22. The second kappa shape index (κ2) is 5.16. The Balaban J connectivity index is 1.69. The first kappa shape index (κ1) is 12.9. The van der Waals surface area contributed by atoms with Crippen LogP contribution in [0.15, 0.2) is 53.0 Å². The molecular formula is C16H10BrNO2S. The molecule has 4 rings (SSSR count). The maximum atomic E-state index is 5.42. The first-order valence-corrected chi connectivity index (χ1v) is 7.99. The van der Waals surface area contributed by atoms with Crippen molar-refractivity contribution in [2.75, 3.05) is 6.79 Å². The molecule has 0 saturated heterocycles. The van der Waals surface area contributed by atoms with Crippen LogP contribution in [0.1, 0.15) is 0 Å². The van der Waals surface area contributed by atoms with Gasteiger partial charge < -0.3 is 9.47 Å². The number of aromatic nitrogens is 1. The predicted molar refractivity (Wildman–Crippen MR) is 86.8 cm³/mol. The molecule has 2 aromatic carbocycles. The molecule has 0 radical (unpaired) electrons. The largest absolute Gasteiger partial charge is 0.454 e. The number of hydrogen-bond acceptors (Lipinski definition) is 4. The molecule has 3 aromatic rings. The zero-order chi connectivity index (χ0) is 14.2. The van der Waals surface area contributed by atoms with E-state index in [0.29, 0.717) is 6.79 Å². The quantitative estimate of drug-likeness (QED) is 0.647. The summed E-state index contributed by atoms with van der Waals surface area (Å²) in [6.07, 6.45) is 0. The summed E-state index contributed by atoms with van der Waals surface area (Å²) in [6.45, 7) is 0.297. The summed E-state index contributed by atoms with van der Waals surface area (Å²) < 4.78 is 16.4. The molecule has 0 bridgehead atoms. The summed E-state index contributed by atoms with van der Waals surface area (Å²) in [7, 11) is 0. The lowest BCUT2D eigenvalue weighted by Crippen LogP contribution is -1.92. The van der Waals surface area contributed by atoms with Crippen molar-refractivity contribution in [3.05, 3.63) is 53.0 Å². The molecule has 0 spiro atoms. The number of halogens is 1. The highest BCUT2D eigenvalue weighted by atomic mass is 79.9. The SMILES string of the molecule is Brc1ccc(-c2cc(-c3ccc4c(c3)OCO4)sn2)cc1. The molecule has 1 aliphatic heterocycles. The first-order valence-electron chi connectivity index (χ1n) is 6.42. The van der Waals surface area contributed by atoms with Crippen LogP contribution in [0.3, 0.4) is 0 Å². The van der Waals surface area contributed by atoms with Gasteiger partial charge in [-0.3, -0.25) is 0 Å². The Hall–Kier alpha value is -1.85. The zero-order valence-corrected chi connectivity index (χ0v) is 13.3. The number of hydrogen-bond donors (Lipinski definition) is 0. The van der Waals surface area contributed by atoms with E-state index in [4.69, 9.17) is 9.47 Å². The third-order valence-corrected chi connectivity index (χ3v) is 4.67. The van der Waals surface area contributed by atoms with Gasteiger partial charge in [-0.25, -0.2) is 0 Å². The van der Waals surface area contributed by atoms with Crippen molar-refractivity contribution in [2.45, 2.75) is 0 Å². The lowest BCUT2D eigenvalue weighted by atomic mass is 10.1. The summed E-state index contributed by atoms with van der Waals surface area (Å²) in [5.74, 6) is 1.60. The van der Waals surface area contributed by atoms with Crippen LogP contribution in [0.5, 0.6) is 11.5 Å². The average Bonchev–Trinajstić information content (AvgIpc) is 3.16. The number of benzene rings is 2. The third kappa shape index (κ3) is 2.43. The number of nitrogens with zero attached hydrogens (tertiary/aromatic N) is 1. The van der Waals surface area contributed by atoms with Gasteiger partial charge in [0, 0.05) is 10.0 Å². The Bertz CT molecular complexity index is 798. The van der Waals surface area contributed by atoms with Crippen molar-refractivity contribution < 1.29 is 9.47 Å². The fourth-order valence-corrected chi connectivity index (χ4v) is 3.23. The van der Waals surface area contributed by atoms with Crippen LogP contribution in [0.4, 0.5) is 0 Å². The lowest BCUT2D eigenvalue weighted by molar-refractivity contribution is 0.174. The Kier molecular flexibility index (Phi) is 3.16. The highest BCUT2D eigenvalue weighted by Gasteiger charge is 2.15. The van der Waals surface area contributed by atoms with E-state index in [9.17, 15) is 0 Å². The fraction of sp³-hybridized carbons (Fsp3) is 0.0625. The zero-order valence-electron chi connectivity index (χ0n) is 10.9. The van der Waals surface area contributed by atoms with Crippen molar-refractivity contribution in [3.8, 4) is 33.2 Å². The van der Waals surface area contributed by atoms with Crippen LogP contribution in [0.25, 0.3) is 21.7 Å². The molecule has 1 aromatic heterocycles. The molecule has 0 atom stereocenters. The summed E-state index contributed by atoms with van der Waals surface area (Å²) >= 11 is 4.93. The molecule has 2 heterocycles. The van der Waals surface area contributed by atoms with E-state index in [1.807, 2.05) is 30.3 Å². The lowest BCUT2D eigenvalue weighted by Gasteiger charge is -1.99. The number of ether oxygens (including phenoxy) is 2. The van der Waals surface area contributed by atoms with E-state index in [2.05, 4.69) is 38.5 Å². The Morgan fingerprint density at radius 3 is 2.52 bits per heavy atom. The van der Waals surface area contributed by atoms with Gasteiger partial charge in [0.15, 0.2) is 11.5 Å². The minimum Gasteiger partial charge on any atom is -0.454 e. The normalized spacial score (nSPS) is 12.6. The van der Waals surface area contributed by atoms with Crippen molar-refractivity contribution in [3.63, 3.8) is 0 Å². The van der Waals surface area contributed by atoms with Gasteiger partial charge in [0.05, 0.1) is 10.6 Å². The van der Waals surface area contributed by atoms with E-state index in [0.717, 1.165) is 37.7 Å². The van der Waals surface area contributed by atoms with Gasteiger partial charge in [0.2, 0.25) is 6.79 Å². The van der Waals surface area contributed by atoms with Crippen molar-refractivity contribution in [1.29, 1.82) is 0 Å². The maximum absolute atomic E-state index is 5.42. The maximum Gasteiger partial charge on any atom is 0.231 e. The van der Waals surface area contributed by atoms with Gasteiger partial charge in [-0.2, -0.15) is 4.37 Å². The standard InChI is InChI=1S/C16H10BrNO2S/c17-12-4-1-10(2-5-12)13-8-16(21-18-13)11-3-6-14-15(7-11)20-9-19-14/h1-8H,9H2. The highest BCUT2D eigenvalue weighted by Crippen LogP contribution is 2.38. The van der Waals surface area contributed by atoms with E-state index in [1.165, 1.54) is 11.5 Å². The highest BCUT2D eigenvalue weighted by molar-refractivity contribution is 9.10. The topological polar surface area (TPSA) is 31.4 Å². The van der Waals surface area contributed by atoms with Crippen LogP contribution in [0.2, 0.25) is 0 Å². The molecule has 0 unspecified atom stereocenters. The summed E-state index contributed by atoms with van der Waals surface area (Å²) in [4.78, 5) is 1.12. The second-order valence-corrected chi connectivity index (χ2v) is 6.37. The smallest absolute Gasteiger partial charge is 0.231 e. The monoisotopic (exact) mass is 359 g/mol. The van der Waals surface area contributed by atoms with E-state index in [1.54, 1.807) is 0 Å². The third-order valence-electron chi connectivity index (χ3n) is 3.31. The van der Waals surface area contributed by atoms with E-state index in [-0.39, 0.29) is 0 Å². The molecule has 104 valence electrons. The molecule has 0 aliphatic carbocycles. The van der Waals surface area contributed by atoms with Crippen LogP contribution < -0.4 is 9.47 Å². The molecular weight excluding hydrogens is 350 g/mol. The van der Waals surface area contributed by atoms with Crippen LogP contribution in [-0.4, -0.2) is 11.2 Å². The first-order chi connectivity index (χ1) is 10.3. The van der Waals surface area contributed by atoms with Crippen molar-refractivity contribution in [1.82, 2.24) is 4.37 Å². The Morgan fingerprint density at radius 1 is 0.905 bits per heavy atom. The van der Waals surface area contributed by atoms with Crippen LogP contribution in [-0.2, 0) is 0 Å². The molecule has 3 nitrogen and oxygen atoms in total. The molecule has 0 saturated carbocycles. The van der Waals surface area contributed by atoms with Crippen LogP contribution in [0, 0.1) is 0 Å². The number of fused-ring (bicyclic) bond motifs is 1. The Morgan fingerprint density at radius 2 is 1.67 bits per heavy atom. The van der Waals surface area contributed by atoms with Gasteiger partial charge in [-0.05, 0) is 53.5 Å². The predicted octanol–water partition coefficient (Wildman–Crippen LogP) is 4.97. The summed E-state index contributed by atoms with van der Waals surface area (Å²) in [6, 6.07) is 16.2. The molecule has 21 heavy (non-hydrogen) atoms. The minimum atomic E-state index is 0.297. The van der Waals surface area contributed by atoms with Crippen molar-refractivity contribution in [2.24, 2.45) is 0 Å². The van der Waals surface area contributed by atoms with E-state index >= 15 is 0 Å². The Labute approximate surface area is 134 Å². The van der Waals surface area contributed by atoms with Gasteiger partial charge >= 0.3 is 0 Å². The second-order valence-electron chi connectivity index (χ2n) is 4.65. The van der Waals surface area contributed by atoms with Gasteiger partial charge in [-0.15, -0.1) is 0 Å². The molecule has 1 aliphatic rings. The van der Waals surface area contributed by atoms with Gasteiger partial charge in [-0.1, -0.05) is 28.1 Å². The van der Waals surface area contributed by atoms with Crippen LogP contribution >= 0.6 is 27.5 Å². The van der Waals surface area contributed by atoms with Gasteiger partial charge in [0.1, 0.15) is 0 Å². The average molecular weight is 360 g/mol. The molecule has 0 N–H and O–H groups in total. The molecule has 0 amide bonds. The minimum absolute atomic E-state index is 0.297. The van der Waals surface area contributed by atoms with Crippen molar-refractivity contribution >= 4 is 27.5 Å². The molecule has 0 fully saturated rings. The summed E-state index contributed by atoms with van der Waals surface area (Å²) in [5, 5.41) is 0. The number of rotatable bonds is 2. The molecule has 5 heteroatoms. The van der Waals surface area contributed by atoms with Gasteiger partial charge in [0.25, 0.3) is 0 Å².